The number of nitrogens with two attached hydrogens (primary N) is 4. The van der Waals surface area contributed by atoms with Crippen LogP contribution >= 0.6 is 0 Å². The summed E-state index contributed by atoms with van der Waals surface area (Å²) in [5, 5.41) is 23.1. The zero-order valence-corrected chi connectivity index (χ0v) is 54.2. The van der Waals surface area contributed by atoms with E-state index in [9.17, 15) is 47.9 Å². The Hall–Kier alpha value is -5.46. The van der Waals surface area contributed by atoms with Gasteiger partial charge >= 0.3 is 0 Å². The molecule has 24 heteroatoms. The van der Waals surface area contributed by atoms with E-state index in [2.05, 4.69) is 56.4 Å². The number of carbonyl (C=O) groups is 10. The van der Waals surface area contributed by atoms with Gasteiger partial charge in [-0.05, 0) is 140 Å². The Kier molecular flexibility index (Phi) is 35.7. The van der Waals surface area contributed by atoms with Gasteiger partial charge in [0.2, 0.25) is 59.1 Å². The highest BCUT2D eigenvalue weighted by Crippen LogP contribution is 2.25. The molecule has 87 heavy (non-hydrogen) atoms. The van der Waals surface area contributed by atoms with E-state index >= 15 is 0 Å². The van der Waals surface area contributed by atoms with Crippen LogP contribution in [0.3, 0.4) is 0 Å². The van der Waals surface area contributed by atoms with Gasteiger partial charge in [-0.2, -0.15) is 0 Å². The number of unbranched alkanes of at least 4 members (excludes halogenated alkanes) is 10. The van der Waals surface area contributed by atoms with Crippen molar-refractivity contribution >= 4 is 59.1 Å². The number of rotatable bonds is 29. The van der Waals surface area contributed by atoms with Crippen molar-refractivity contribution in [1.29, 1.82) is 0 Å². The monoisotopic (exact) mass is 1230 g/mol. The summed E-state index contributed by atoms with van der Waals surface area (Å²) in [6, 6.07) is -11.4. The van der Waals surface area contributed by atoms with Crippen LogP contribution in [0, 0.1) is 11.3 Å². The zero-order chi connectivity index (χ0) is 64.5. The first-order valence-corrected chi connectivity index (χ1v) is 33.4. The van der Waals surface area contributed by atoms with Crippen molar-refractivity contribution in [2.24, 2.45) is 34.3 Å². The van der Waals surface area contributed by atoms with Crippen LogP contribution in [-0.2, 0) is 47.9 Å². The Labute approximate surface area is 519 Å². The van der Waals surface area contributed by atoms with Crippen LogP contribution in [0.25, 0.3) is 0 Å². The Morgan fingerprint density at radius 3 is 0.989 bits per heavy atom. The maximum Gasteiger partial charge on any atom is 0.245 e. The summed E-state index contributed by atoms with van der Waals surface area (Å²) < 4.78 is 0. The predicted molar refractivity (Wildman–Crippen MR) is 338 cm³/mol. The maximum absolute atomic E-state index is 14.9. The predicted octanol–water partition coefficient (Wildman–Crippen LogP) is 2.80. The first-order chi connectivity index (χ1) is 41.5. The van der Waals surface area contributed by atoms with Crippen molar-refractivity contribution in [1.82, 2.24) is 52.3 Å². The molecule has 0 unspecified atom stereocenters. The molecule has 0 radical (unpaired) electrons. The van der Waals surface area contributed by atoms with E-state index in [1.165, 1.54) is 9.80 Å². The molecule has 3 aliphatic rings. The zero-order valence-electron chi connectivity index (χ0n) is 54.2. The van der Waals surface area contributed by atoms with Gasteiger partial charge in [0.25, 0.3) is 0 Å². The molecule has 0 spiro atoms. The van der Waals surface area contributed by atoms with Crippen LogP contribution in [0.2, 0.25) is 0 Å². The molecule has 3 aliphatic heterocycles. The number of fused-ring (bicyclic) bond motifs is 2. The van der Waals surface area contributed by atoms with Gasteiger partial charge in [0.15, 0.2) is 0 Å². The molecule has 0 aromatic rings. The average Bonchev–Trinajstić information content (AvgIpc) is 4.43. The van der Waals surface area contributed by atoms with Gasteiger partial charge in [0.05, 0.1) is 0 Å². The lowest BCUT2D eigenvalue weighted by Crippen LogP contribution is -2.61. The molecule has 3 heterocycles. The lowest BCUT2D eigenvalue weighted by Gasteiger charge is -2.32. The Morgan fingerprint density at radius 2 is 0.655 bits per heavy atom. The van der Waals surface area contributed by atoms with Crippen molar-refractivity contribution in [2.45, 2.75) is 289 Å². The summed E-state index contributed by atoms with van der Waals surface area (Å²) >= 11 is 0. The lowest BCUT2D eigenvalue weighted by atomic mass is 9.87. The summed E-state index contributed by atoms with van der Waals surface area (Å²) in [7, 11) is 0. The van der Waals surface area contributed by atoms with E-state index in [-0.39, 0.29) is 109 Å². The molecule has 0 aromatic carbocycles. The SMILES string of the molecule is CCCCCCCC[C@H]1NC(=O)[C@H](CCCN)NC(=O)[C@H](CC(C)C)NC(=O)[C@H](CCCN)NC(=O)[C@@H]2CCCN2C(=O)[C@@H](CCCCCCCC)NC(=O)[C@H](CCCN)NC(=O)[C@H](CC(C)(C)C)NC(=O)[C@H](CCCN)NC(=O)[C@@H]2CCCN2C1=O. The molecule has 0 aromatic heterocycles. The van der Waals surface area contributed by atoms with Gasteiger partial charge in [-0.3, -0.25) is 47.9 Å². The van der Waals surface area contributed by atoms with Gasteiger partial charge in [0.1, 0.15) is 60.4 Å². The second-order valence-corrected chi connectivity index (χ2v) is 26.1. The minimum atomic E-state index is -1.21. The largest absolute Gasteiger partial charge is 0.343 e. The van der Waals surface area contributed by atoms with Crippen LogP contribution in [0.4, 0.5) is 0 Å². The molecule has 10 atom stereocenters. The van der Waals surface area contributed by atoms with Gasteiger partial charge in [-0.25, -0.2) is 0 Å². The molecule has 16 N–H and O–H groups in total. The van der Waals surface area contributed by atoms with Gasteiger partial charge in [-0.1, -0.05) is 126 Å². The fourth-order valence-electron chi connectivity index (χ4n) is 11.8. The number of hydrogen-bond acceptors (Lipinski definition) is 14. The summed E-state index contributed by atoms with van der Waals surface area (Å²) in [6.07, 6.45) is 14.6. The van der Waals surface area contributed by atoms with Crippen LogP contribution < -0.4 is 65.5 Å². The molecule has 498 valence electrons. The molecule has 0 aliphatic carbocycles. The standard InChI is InChI=1S/C63H116N14O10/c1-8-10-12-14-16-18-26-47-61(86)77-39-25-33-52(77)60(85)71-46(31-23-37-67)56(81)75-50(41-63(5,6)7)58(83)69-44(29-21-35-65)54(79)73-48(27-19-17-15-13-11-9-2)62(87)76-38-24-32-51(76)59(84)70-45(30-22-36-66)55(80)74-49(40-42(3)4)57(82)68-43(28-20-34-64)53(78)72-47/h42-52H,8-41,64-67H2,1-7H3,(H,68,82)(H,69,83)(H,70,84)(H,71,85)(H,72,78)(H,73,79)(H,74,80)(H,75,81)/t43-,44-,45-,46-,47+,48+,49-,50-,51-,52-/m0/s1. The number of nitrogens with one attached hydrogen (secondary N) is 8. The Morgan fingerprint density at radius 1 is 0.379 bits per heavy atom. The Bertz CT molecular complexity index is 2160. The number of carbonyl (C=O) groups excluding carboxylic acids is 10. The third-order valence-electron chi connectivity index (χ3n) is 16.7. The summed E-state index contributed by atoms with van der Waals surface area (Å²) in [6.45, 7) is 14.8. The molecule has 0 saturated carbocycles. The van der Waals surface area contributed by atoms with E-state index in [0.29, 0.717) is 51.4 Å². The number of amides is 10. The molecule has 3 saturated heterocycles. The van der Waals surface area contributed by atoms with Crippen molar-refractivity contribution in [3.8, 4) is 0 Å². The summed E-state index contributed by atoms with van der Waals surface area (Å²) in [4.78, 5) is 149. The van der Waals surface area contributed by atoms with E-state index < -0.39 is 125 Å². The fraction of sp³-hybridized carbons (Fsp3) is 0.841. The minimum absolute atomic E-state index is 0.0903. The molecule has 3 rings (SSSR count). The van der Waals surface area contributed by atoms with Crippen LogP contribution in [0.1, 0.15) is 228 Å². The third kappa shape index (κ3) is 27.0. The van der Waals surface area contributed by atoms with E-state index in [0.717, 1.165) is 64.2 Å². The van der Waals surface area contributed by atoms with E-state index in [4.69, 9.17) is 22.9 Å². The van der Waals surface area contributed by atoms with Crippen molar-refractivity contribution < 1.29 is 47.9 Å². The smallest absolute Gasteiger partial charge is 0.245 e. The normalized spacial score (nSPS) is 25.8. The highest BCUT2D eigenvalue weighted by molar-refractivity contribution is 5.99. The molecule has 3 fully saturated rings. The number of hydrogen-bond donors (Lipinski definition) is 12. The topological polar surface area (TPSA) is 377 Å². The van der Waals surface area contributed by atoms with Gasteiger partial charge in [0, 0.05) is 13.1 Å². The maximum atomic E-state index is 14.9. The molecule has 10 amide bonds. The van der Waals surface area contributed by atoms with Gasteiger partial charge < -0.3 is 75.3 Å². The molecular weight excluding hydrogens is 1110 g/mol. The second kappa shape index (κ2) is 41.0. The summed E-state index contributed by atoms with van der Waals surface area (Å²) in [5.41, 5.74) is 23.3. The number of nitrogens with zero attached hydrogens (tertiary/aromatic N) is 2. The fourth-order valence-corrected chi connectivity index (χ4v) is 11.8. The minimum Gasteiger partial charge on any atom is -0.343 e. The van der Waals surface area contributed by atoms with Crippen LogP contribution in [0.15, 0.2) is 0 Å². The first kappa shape index (κ1) is 75.8. The van der Waals surface area contributed by atoms with Crippen LogP contribution in [0.5, 0.6) is 0 Å². The van der Waals surface area contributed by atoms with Crippen LogP contribution in [-0.4, -0.2) is 169 Å². The first-order valence-electron chi connectivity index (χ1n) is 33.4. The average molecular weight is 1230 g/mol. The Balaban J connectivity index is 2.24. The van der Waals surface area contributed by atoms with E-state index in [1.54, 1.807) is 0 Å². The van der Waals surface area contributed by atoms with E-state index in [1.807, 2.05) is 34.6 Å². The lowest BCUT2D eigenvalue weighted by molar-refractivity contribution is -0.143. The van der Waals surface area contributed by atoms with Crippen molar-refractivity contribution in [2.75, 3.05) is 39.3 Å². The quantitative estimate of drug-likeness (QED) is 0.0480. The van der Waals surface area contributed by atoms with Gasteiger partial charge in [-0.15, -0.1) is 0 Å². The highest BCUT2D eigenvalue weighted by atomic mass is 16.2. The van der Waals surface area contributed by atoms with Crippen molar-refractivity contribution in [3.63, 3.8) is 0 Å². The summed E-state index contributed by atoms with van der Waals surface area (Å²) in [5.74, 6) is -6.29. The molecule has 0 bridgehead atoms. The van der Waals surface area contributed by atoms with Crippen molar-refractivity contribution in [3.05, 3.63) is 0 Å². The molecular formula is C63H116N14O10. The third-order valence-corrected chi connectivity index (χ3v) is 16.7. The second-order valence-electron chi connectivity index (χ2n) is 26.1. The molecule has 24 nitrogen and oxygen atoms in total. The highest BCUT2D eigenvalue weighted by Gasteiger charge is 2.43.